The smallest absolute Gasteiger partial charge is 0.0365 e. The number of likely N-dealkylation sites (tertiary alicyclic amines) is 1. The zero-order chi connectivity index (χ0) is 11.4. The monoisotopic (exact) mass is 219 g/mol. The molecule has 0 saturated carbocycles. The first-order valence-electron chi connectivity index (χ1n) is 6.05. The Hall–Kier alpha value is -1.22. The van der Waals surface area contributed by atoms with Gasteiger partial charge < -0.3 is 15.5 Å². The minimum atomic E-state index is 0.830. The third-order valence-electron chi connectivity index (χ3n) is 3.28. The second kappa shape index (κ2) is 5.21. The standard InChI is InChI=1S/C13H21N3/c1-15(10-11-16-8-2-3-9-16)13-6-4-12(14)5-7-13/h4-7H,2-3,8-11,14H2,1H3. The summed E-state index contributed by atoms with van der Waals surface area (Å²) in [7, 11) is 2.14. The van der Waals surface area contributed by atoms with Crippen LogP contribution in [0.1, 0.15) is 12.8 Å². The number of benzene rings is 1. The number of rotatable bonds is 4. The van der Waals surface area contributed by atoms with Crippen LogP contribution in [-0.4, -0.2) is 38.1 Å². The van der Waals surface area contributed by atoms with Gasteiger partial charge in [-0.2, -0.15) is 0 Å². The molecule has 1 aromatic carbocycles. The molecule has 0 bridgehead atoms. The van der Waals surface area contributed by atoms with Crippen LogP contribution < -0.4 is 10.6 Å². The lowest BCUT2D eigenvalue weighted by Crippen LogP contribution is -2.31. The number of nitrogens with zero attached hydrogens (tertiary/aromatic N) is 2. The number of nitrogens with two attached hydrogens (primary N) is 1. The van der Waals surface area contributed by atoms with Gasteiger partial charge in [0.15, 0.2) is 0 Å². The predicted molar refractivity (Wildman–Crippen MR) is 69.8 cm³/mol. The molecule has 88 valence electrons. The van der Waals surface area contributed by atoms with E-state index in [1.54, 1.807) is 0 Å². The van der Waals surface area contributed by atoms with Crippen LogP contribution in [0.4, 0.5) is 11.4 Å². The SMILES string of the molecule is CN(CCN1CCCC1)c1ccc(N)cc1. The van der Waals surface area contributed by atoms with Gasteiger partial charge in [0, 0.05) is 31.5 Å². The Morgan fingerprint density at radius 3 is 2.44 bits per heavy atom. The summed E-state index contributed by atoms with van der Waals surface area (Å²) in [5.74, 6) is 0. The fraction of sp³-hybridized carbons (Fsp3) is 0.538. The molecule has 1 heterocycles. The van der Waals surface area contributed by atoms with Crippen LogP contribution in [0, 0.1) is 0 Å². The van der Waals surface area contributed by atoms with Crippen LogP contribution in [0.15, 0.2) is 24.3 Å². The van der Waals surface area contributed by atoms with E-state index in [-0.39, 0.29) is 0 Å². The molecule has 0 radical (unpaired) electrons. The molecule has 0 unspecified atom stereocenters. The zero-order valence-electron chi connectivity index (χ0n) is 10.0. The molecule has 2 rings (SSSR count). The first kappa shape index (κ1) is 11.3. The van der Waals surface area contributed by atoms with Gasteiger partial charge in [-0.1, -0.05) is 0 Å². The number of anilines is 2. The Balaban J connectivity index is 1.82. The first-order valence-corrected chi connectivity index (χ1v) is 6.05. The Morgan fingerprint density at radius 2 is 1.81 bits per heavy atom. The van der Waals surface area contributed by atoms with E-state index in [1.807, 2.05) is 12.1 Å². The topological polar surface area (TPSA) is 32.5 Å². The number of likely N-dealkylation sites (N-methyl/N-ethyl adjacent to an activating group) is 1. The van der Waals surface area contributed by atoms with Crippen molar-refractivity contribution < 1.29 is 0 Å². The van der Waals surface area contributed by atoms with E-state index >= 15 is 0 Å². The van der Waals surface area contributed by atoms with Crippen molar-refractivity contribution in [3.8, 4) is 0 Å². The predicted octanol–water partition coefficient (Wildman–Crippen LogP) is 1.80. The Morgan fingerprint density at radius 1 is 1.19 bits per heavy atom. The van der Waals surface area contributed by atoms with Crippen molar-refractivity contribution in [3.05, 3.63) is 24.3 Å². The average molecular weight is 219 g/mol. The highest BCUT2D eigenvalue weighted by atomic mass is 15.2. The van der Waals surface area contributed by atoms with Crippen LogP contribution in [-0.2, 0) is 0 Å². The summed E-state index contributed by atoms with van der Waals surface area (Å²) in [6.45, 7) is 4.80. The van der Waals surface area contributed by atoms with Gasteiger partial charge in [-0.3, -0.25) is 0 Å². The Bertz CT molecular complexity index is 314. The van der Waals surface area contributed by atoms with Crippen molar-refractivity contribution in [2.45, 2.75) is 12.8 Å². The van der Waals surface area contributed by atoms with Crippen molar-refractivity contribution in [2.24, 2.45) is 0 Å². The molecule has 1 aliphatic rings. The largest absolute Gasteiger partial charge is 0.399 e. The van der Waals surface area contributed by atoms with Crippen LogP contribution in [0.2, 0.25) is 0 Å². The van der Waals surface area contributed by atoms with Gasteiger partial charge in [0.05, 0.1) is 0 Å². The molecular formula is C13H21N3. The second-order valence-corrected chi connectivity index (χ2v) is 4.56. The van der Waals surface area contributed by atoms with E-state index in [0.717, 1.165) is 12.2 Å². The lowest BCUT2D eigenvalue weighted by atomic mass is 10.2. The van der Waals surface area contributed by atoms with Crippen molar-refractivity contribution in [1.82, 2.24) is 4.90 Å². The summed E-state index contributed by atoms with van der Waals surface area (Å²) in [6, 6.07) is 8.09. The zero-order valence-corrected chi connectivity index (χ0v) is 10.0. The van der Waals surface area contributed by atoms with Crippen molar-refractivity contribution in [2.75, 3.05) is 43.9 Å². The fourth-order valence-corrected chi connectivity index (χ4v) is 2.16. The van der Waals surface area contributed by atoms with Crippen molar-refractivity contribution in [1.29, 1.82) is 0 Å². The molecular weight excluding hydrogens is 198 g/mol. The third kappa shape index (κ3) is 2.89. The molecule has 0 spiro atoms. The summed E-state index contributed by atoms with van der Waals surface area (Å²) in [5, 5.41) is 0. The summed E-state index contributed by atoms with van der Waals surface area (Å²) in [4.78, 5) is 4.82. The molecule has 1 aromatic rings. The summed E-state index contributed by atoms with van der Waals surface area (Å²) >= 11 is 0. The molecule has 0 amide bonds. The lowest BCUT2D eigenvalue weighted by molar-refractivity contribution is 0.346. The van der Waals surface area contributed by atoms with Gasteiger partial charge in [-0.25, -0.2) is 0 Å². The number of nitrogen functional groups attached to an aromatic ring is 1. The molecule has 2 N–H and O–H groups in total. The normalized spacial score (nSPS) is 16.6. The molecule has 16 heavy (non-hydrogen) atoms. The van der Waals surface area contributed by atoms with Crippen LogP contribution in [0.5, 0.6) is 0 Å². The molecule has 1 saturated heterocycles. The van der Waals surface area contributed by atoms with Crippen molar-refractivity contribution >= 4 is 11.4 Å². The van der Waals surface area contributed by atoms with E-state index < -0.39 is 0 Å². The lowest BCUT2D eigenvalue weighted by Gasteiger charge is -2.23. The average Bonchev–Trinajstić information content (AvgIpc) is 2.80. The fourth-order valence-electron chi connectivity index (χ4n) is 2.16. The van der Waals surface area contributed by atoms with E-state index in [0.29, 0.717) is 0 Å². The Kier molecular flexibility index (Phi) is 3.67. The number of hydrogen-bond acceptors (Lipinski definition) is 3. The van der Waals surface area contributed by atoms with Crippen LogP contribution in [0.25, 0.3) is 0 Å². The minimum absolute atomic E-state index is 0.830. The summed E-state index contributed by atoms with van der Waals surface area (Å²) < 4.78 is 0. The van der Waals surface area contributed by atoms with Crippen molar-refractivity contribution in [3.63, 3.8) is 0 Å². The Labute approximate surface area is 97.8 Å². The van der Waals surface area contributed by atoms with E-state index in [4.69, 9.17) is 5.73 Å². The molecule has 0 atom stereocenters. The van der Waals surface area contributed by atoms with E-state index in [1.165, 1.54) is 38.2 Å². The molecule has 3 nitrogen and oxygen atoms in total. The molecule has 1 fully saturated rings. The maximum absolute atomic E-state index is 5.67. The molecule has 1 aliphatic heterocycles. The van der Waals surface area contributed by atoms with E-state index in [2.05, 4.69) is 29.0 Å². The number of hydrogen-bond donors (Lipinski definition) is 1. The maximum Gasteiger partial charge on any atom is 0.0365 e. The minimum Gasteiger partial charge on any atom is -0.399 e. The molecule has 0 aliphatic carbocycles. The van der Waals surface area contributed by atoms with Gasteiger partial charge in [0.1, 0.15) is 0 Å². The van der Waals surface area contributed by atoms with Crippen LogP contribution in [0.3, 0.4) is 0 Å². The molecule has 0 aromatic heterocycles. The van der Waals surface area contributed by atoms with Gasteiger partial charge in [0.25, 0.3) is 0 Å². The highest BCUT2D eigenvalue weighted by Crippen LogP contribution is 2.15. The maximum atomic E-state index is 5.67. The quantitative estimate of drug-likeness (QED) is 0.784. The summed E-state index contributed by atoms with van der Waals surface area (Å²) in [6.07, 6.45) is 2.73. The first-order chi connectivity index (χ1) is 7.75. The highest BCUT2D eigenvalue weighted by Gasteiger charge is 2.11. The third-order valence-corrected chi connectivity index (χ3v) is 3.28. The summed E-state index contributed by atoms with van der Waals surface area (Å²) in [5.41, 5.74) is 7.75. The van der Waals surface area contributed by atoms with Gasteiger partial charge in [0.2, 0.25) is 0 Å². The van der Waals surface area contributed by atoms with Crippen LogP contribution >= 0.6 is 0 Å². The second-order valence-electron chi connectivity index (χ2n) is 4.56. The molecule has 3 heteroatoms. The van der Waals surface area contributed by atoms with Gasteiger partial charge in [-0.05, 0) is 50.2 Å². The van der Waals surface area contributed by atoms with E-state index in [9.17, 15) is 0 Å². The van der Waals surface area contributed by atoms with Gasteiger partial charge >= 0.3 is 0 Å². The van der Waals surface area contributed by atoms with Gasteiger partial charge in [-0.15, -0.1) is 0 Å². The highest BCUT2D eigenvalue weighted by molar-refractivity contribution is 5.52.